The highest BCUT2D eigenvalue weighted by Gasteiger charge is 2.26. The quantitative estimate of drug-likeness (QED) is 0.938. The zero-order valence-corrected chi connectivity index (χ0v) is 13.5. The summed E-state index contributed by atoms with van der Waals surface area (Å²) in [6, 6.07) is 7.86. The molecule has 0 aliphatic carbocycles. The Morgan fingerprint density at radius 1 is 1.45 bits per heavy atom. The summed E-state index contributed by atoms with van der Waals surface area (Å²) in [6.07, 6.45) is 2.32. The Morgan fingerprint density at radius 2 is 2.32 bits per heavy atom. The summed E-state index contributed by atoms with van der Waals surface area (Å²) in [5, 5.41) is 4.72. The molecule has 1 aliphatic rings. The van der Waals surface area contributed by atoms with E-state index in [4.69, 9.17) is 21.9 Å². The van der Waals surface area contributed by atoms with Crippen LogP contribution in [0.5, 0.6) is 0 Å². The topological polar surface area (TPSA) is 68.2 Å². The van der Waals surface area contributed by atoms with Gasteiger partial charge in [-0.1, -0.05) is 35.8 Å². The fraction of sp³-hybridized carbons (Fsp3) is 0.500. The molecule has 118 valence electrons. The molecule has 2 atom stereocenters. The number of halogens is 1. The molecule has 1 aromatic carbocycles. The lowest BCUT2D eigenvalue weighted by atomic mass is 9.92. The average molecular weight is 321 g/mol. The van der Waals surface area contributed by atoms with Gasteiger partial charge in [0.1, 0.15) is 0 Å². The molecule has 1 aliphatic heterocycles. The van der Waals surface area contributed by atoms with Gasteiger partial charge >= 0.3 is 0 Å². The zero-order chi connectivity index (χ0) is 15.5. The molecule has 0 spiro atoms. The van der Waals surface area contributed by atoms with Crippen molar-refractivity contribution in [1.82, 2.24) is 15.0 Å². The van der Waals surface area contributed by atoms with Crippen LogP contribution in [0, 0.1) is 5.92 Å². The second kappa shape index (κ2) is 6.77. The van der Waals surface area contributed by atoms with Gasteiger partial charge in [-0.3, -0.25) is 4.90 Å². The molecule has 22 heavy (non-hydrogen) atoms. The van der Waals surface area contributed by atoms with Crippen molar-refractivity contribution >= 4 is 11.6 Å². The Kier molecular flexibility index (Phi) is 4.76. The van der Waals surface area contributed by atoms with Gasteiger partial charge in [-0.25, -0.2) is 0 Å². The molecule has 2 heterocycles. The van der Waals surface area contributed by atoms with Crippen LogP contribution in [-0.4, -0.2) is 34.2 Å². The van der Waals surface area contributed by atoms with E-state index < -0.39 is 0 Å². The second-order valence-corrected chi connectivity index (χ2v) is 6.45. The number of piperidine rings is 1. The van der Waals surface area contributed by atoms with E-state index in [9.17, 15) is 0 Å². The number of rotatable bonds is 4. The third-order valence-electron chi connectivity index (χ3n) is 4.26. The largest absolute Gasteiger partial charge is 0.338 e. The fourth-order valence-electron chi connectivity index (χ4n) is 2.99. The van der Waals surface area contributed by atoms with E-state index in [2.05, 4.69) is 22.0 Å². The number of nitrogens with two attached hydrogens (primary N) is 1. The van der Waals surface area contributed by atoms with E-state index in [1.807, 2.05) is 24.3 Å². The number of likely N-dealkylation sites (tertiary alicyclic amines) is 1. The van der Waals surface area contributed by atoms with Gasteiger partial charge in [0.15, 0.2) is 0 Å². The normalized spacial score (nSPS) is 22.9. The molecular formula is C16H21ClN4O. The van der Waals surface area contributed by atoms with Crippen LogP contribution in [0.1, 0.15) is 25.7 Å². The van der Waals surface area contributed by atoms with E-state index in [0.29, 0.717) is 35.9 Å². The summed E-state index contributed by atoms with van der Waals surface area (Å²) in [7, 11) is 0. The molecule has 1 aromatic heterocycles. The molecule has 2 unspecified atom stereocenters. The standard InChI is InChI=1S/C16H21ClN4O/c1-11-5-6-21(14(7-11)9-18)10-15-19-16(20-22-15)12-3-2-4-13(17)8-12/h2-4,8,11,14H,5-7,9-10,18H2,1H3. The van der Waals surface area contributed by atoms with Crippen LogP contribution in [0.4, 0.5) is 0 Å². The third kappa shape index (κ3) is 3.48. The molecule has 6 heteroatoms. The van der Waals surface area contributed by atoms with Gasteiger partial charge in [0.25, 0.3) is 0 Å². The fourth-order valence-corrected chi connectivity index (χ4v) is 3.18. The summed E-state index contributed by atoms with van der Waals surface area (Å²) in [4.78, 5) is 6.83. The van der Waals surface area contributed by atoms with Crippen LogP contribution in [0.3, 0.4) is 0 Å². The lowest BCUT2D eigenvalue weighted by Crippen LogP contribution is -2.45. The molecule has 1 saturated heterocycles. The highest BCUT2D eigenvalue weighted by molar-refractivity contribution is 6.30. The third-order valence-corrected chi connectivity index (χ3v) is 4.50. The van der Waals surface area contributed by atoms with E-state index in [-0.39, 0.29) is 0 Å². The number of aromatic nitrogens is 2. The molecule has 0 amide bonds. The van der Waals surface area contributed by atoms with E-state index in [1.54, 1.807) is 0 Å². The van der Waals surface area contributed by atoms with Crippen LogP contribution in [0.15, 0.2) is 28.8 Å². The van der Waals surface area contributed by atoms with Crippen molar-refractivity contribution in [2.24, 2.45) is 11.7 Å². The smallest absolute Gasteiger partial charge is 0.241 e. The van der Waals surface area contributed by atoms with Crippen molar-refractivity contribution in [3.63, 3.8) is 0 Å². The van der Waals surface area contributed by atoms with Crippen molar-refractivity contribution in [3.8, 4) is 11.4 Å². The first-order valence-corrected chi connectivity index (χ1v) is 8.06. The second-order valence-electron chi connectivity index (χ2n) is 6.01. The minimum Gasteiger partial charge on any atom is -0.338 e. The van der Waals surface area contributed by atoms with Crippen LogP contribution in [-0.2, 0) is 6.54 Å². The molecule has 2 aromatic rings. The first-order valence-electron chi connectivity index (χ1n) is 7.68. The minimum atomic E-state index is 0.394. The van der Waals surface area contributed by atoms with Crippen molar-refractivity contribution < 1.29 is 4.52 Å². The highest BCUT2D eigenvalue weighted by atomic mass is 35.5. The van der Waals surface area contributed by atoms with Crippen molar-refractivity contribution in [3.05, 3.63) is 35.2 Å². The summed E-state index contributed by atoms with van der Waals surface area (Å²) >= 11 is 6.00. The maximum Gasteiger partial charge on any atom is 0.241 e. The summed E-state index contributed by atoms with van der Waals surface area (Å²) in [5.74, 6) is 1.93. The Bertz CT molecular complexity index is 630. The molecule has 0 radical (unpaired) electrons. The highest BCUT2D eigenvalue weighted by Crippen LogP contribution is 2.24. The van der Waals surface area contributed by atoms with Crippen molar-refractivity contribution in [2.45, 2.75) is 32.4 Å². The van der Waals surface area contributed by atoms with Gasteiger partial charge in [0, 0.05) is 23.2 Å². The average Bonchev–Trinajstić information content (AvgIpc) is 2.97. The predicted octanol–water partition coefficient (Wildman–Crippen LogP) is 2.95. The number of hydrogen-bond donors (Lipinski definition) is 1. The Labute approximate surface area is 135 Å². The maximum atomic E-state index is 6.00. The lowest BCUT2D eigenvalue weighted by Gasteiger charge is -2.36. The van der Waals surface area contributed by atoms with Crippen molar-refractivity contribution in [1.29, 1.82) is 0 Å². The lowest BCUT2D eigenvalue weighted by molar-refractivity contribution is 0.102. The van der Waals surface area contributed by atoms with Gasteiger partial charge in [0.2, 0.25) is 11.7 Å². The Morgan fingerprint density at radius 3 is 3.09 bits per heavy atom. The van der Waals surface area contributed by atoms with Crippen LogP contribution in [0.2, 0.25) is 5.02 Å². The molecule has 2 N–H and O–H groups in total. The van der Waals surface area contributed by atoms with E-state index in [0.717, 1.165) is 24.4 Å². The van der Waals surface area contributed by atoms with Crippen LogP contribution in [0.25, 0.3) is 11.4 Å². The molecule has 5 nitrogen and oxygen atoms in total. The maximum absolute atomic E-state index is 6.00. The van der Waals surface area contributed by atoms with E-state index in [1.165, 1.54) is 6.42 Å². The Balaban J connectivity index is 1.71. The SMILES string of the molecule is CC1CCN(Cc2nc(-c3cccc(Cl)c3)no2)C(CN)C1. The predicted molar refractivity (Wildman–Crippen MR) is 86.4 cm³/mol. The number of hydrogen-bond acceptors (Lipinski definition) is 5. The molecule has 1 fully saturated rings. The van der Waals surface area contributed by atoms with Crippen LogP contribution < -0.4 is 5.73 Å². The molecular weight excluding hydrogens is 300 g/mol. The van der Waals surface area contributed by atoms with Gasteiger partial charge in [-0.2, -0.15) is 4.98 Å². The monoisotopic (exact) mass is 320 g/mol. The molecule has 0 bridgehead atoms. The Hall–Kier alpha value is -1.43. The van der Waals surface area contributed by atoms with Gasteiger partial charge < -0.3 is 10.3 Å². The number of benzene rings is 1. The van der Waals surface area contributed by atoms with Gasteiger partial charge in [-0.05, 0) is 37.4 Å². The summed E-state index contributed by atoms with van der Waals surface area (Å²) in [6.45, 7) is 4.63. The minimum absolute atomic E-state index is 0.394. The summed E-state index contributed by atoms with van der Waals surface area (Å²) in [5.41, 5.74) is 6.77. The van der Waals surface area contributed by atoms with Gasteiger partial charge in [0.05, 0.1) is 6.54 Å². The van der Waals surface area contributed by atoms with E-state index >= 15 is 0 Å². The zero-order valence-electron chi connectivity index (χ0n) is 12.7. The summed E-state index contributed by atoms with van der Waals surface area (Å²) < 4.78 is 5.39. The first-order chi connectivity index (χ1) is 10.7. The first kappa shape index (κ1) is 15.5. The van der Waals surface area contributed by atoms with Crippen LogP contribution >= 0.6 is 11.6 Å². The van der Waals surface area contributed by atoms with Gasteiger partial charge in [-0.15, -0.1) is 0 Å². The number of nitrogens with zero attached hydrogens (tertiary/aromatic N) is 3. The molecule has 0 saturated carbocycles. The molecule has 3 rings (SSSR count). The van der Waals surface area contributed by atoms with Crippen molar-refractivity contribution in [2.75, 3.05) is 13.1 Å².